The van der Waals surface area contributed by atoms with Crippen LogP contribution in [0, 0.1) is 0 Å². The van der Waals surface area contributed by atoms with E-state index >= 15 is 0 Å². The topological polar surface area (TPSA) is 60.2 Å². The number of aromatic nitrogens is 3. The summed E-state index contributed by atoms with van der Waals surface area (Å²) in [5.74, 6) is 0.539. The molecule has 0 bridgehead atoms. The Morgan fingerprint density at radius 1 is 1.37 bits per heavy atom. The number of nitrogens with zero attached hydrogens (tertiary/aromatic N) is 4. The van der Waals surface area contributed by atoms with Crippen LogP contribution in [0.15, 0.2) is 41.6 Å². The van der Waals surface area contributed by atoms with Crippen LogP contribution in [0.5, 0.6) is 5.88 Å². The summed E-state index contributed by atoms with van der Waals surface area (Å²) >= 11 is 9.40. The van der Waals surface area contributed by atoms with Crippen LogP contribution in [0.2, 0.25) is 5.02 Å². The van der Waals surface area contributed by atoms with Gasteiger partial charge in [0.1, 0.15) is 4.60 Å². The number of carbonyl (C=O) groups is 1. The lowest BCUT2D eigenvalue weighted by molar-refractivity contribution is 0.0759. The Morgan fingerprint density at radius 2 is 2.17 bits per heavy atom. The summed E-state index contributed by atoms with van der Waals surface area (Å²) in [6.07, 6.45) is 4.86. The third kappa shape index (κ3) is 5.02. The third-order valence-electron chi connectivity index (χ3n) is 4.85. The van der Waals surface area contributed by atoms with Gasteiger partial charge in [0.2, 0.25) is 5.88 Å². The van der Waals surface area contributed by atoms with Gasteiger partial charge in [0.25, 0.3) is 5.91 Å². The van der Waals surface area contributed by atoms with Crippen molar-refractivity contribution >= 4 is 50.4 Å². The van der Waals surface area contributed by atoms with Gasteiger partial charge < -0.3 is 9.64 Å². The molecular weight excluding hydrogens is 468 g/mol. The number of rotatable bonds is 9. The van der Waals surface area contributed by atoms with Crippen molar-refractivity contribution in [3.8, 4) is 5.88 Å². The first kappa shape index (κ1) is 22.3. The zero-order chi connectivity index (χ0) is 21.7. The highest BCUT2D eigenvalue weighted by Crippen LogP contribution is 2.24. The van der Waals surface area contributed by atoms with Crippen LogP contribution in [-0.2, 0) is 7.05 Å². The minimum Gasteiger partial charge on any atom is -0.477 e. The molecule has 30 heavy (non-hydrogen) atoms. The second-order valence-electron chi connectivity index (χ2n) is 6.84. The minimum absolute atomic E-state index is 0.0179. The number of pyridine rings is 1. The van der Waals surface area contributed by atoms with Crippen molar-refractivity contribution < 1.29 is 9.53 Å². The fourth-order valence-electron chi connectivity index (χ4n) is 3.22. The van der Waals surface area contributed by atoms with Gasteiger partial charge >= 0.3 is 0 Å². The van der Waals surface area contributed by atoms with E-state index in [1.54, 1.807) is 23.0 Å². The van der Waals surface area contributed by atoms with Crippen LogP contribution in [-0.4, -0.2) is 45.3 Å². The maximum Gasteiger partial charge on any atom is 0.253 e. The molecule has 0 aliphatic rings. The predicted molar refractivity (Wildman–Crippen MR) is 124 cm³/mol. The van der Waals surface area contributed by atoms with Gasteiger partial charge in [-0.1, -0.05) is 24.3 Å². The summed E-state index contributed by atoms with van der Waals surface area (Å²) in [7, 11) is 1.88. The van der Waals surface area contributed by atoms with Crippen LogP contribution >= 0.6 is 27.5 Å². The van der Waals surface area contributed by atoms with Crippen molar-refractivity contribution in [1.29, 1.82) is 0 Å². The van der Waals surface area contributed by atoms with E-state index in [0.717, 1.165) is 33.9 Å². The second kappa shape index (κ2) is 10.1. The number of ether oxygens (including phenoxy) is 1. The first-order valence-electron chi connectivity index (χ1n) is 9.77. The van der Waals surface area contributed by atoms with Crippen LogP contribution < -0.4 is 4.74 Å². The van der Waals surface area contributed by atoms with Crippen LogP contribution in [0.4, 0.5) is 0 Å². The molecule has 6 nitrogen and oxygen atoms in total. The molecule has 3 aromatic rings. The molecule has 0 N–H and O–H groups in total. The van der Waals surface area contributed by atoms with E-state index in [0.29, 0.717) is 36.2 Å². The van der Waals surface area contributed by atoms with Gasteiger partial charge in [-0.25, -0.2) is 4.98 Å². The maximum absolute atomic E-state index is 13.0. The normalized spacial score (nSPS) is 10.9. The first-order chi connectivity index (χ1) is 14.4. The smallest absolute Gasteiger partial charge is 0.253 e. The predicted octanol–water partition coefficient (Wildman–Crippen LogP) is 5.35. The number of hydrogen-bond acceptors (Lipinski definition) is 4. The van der Waals surface area contributed by atoms with Crippen molar-refractivity contribution in [2.45, 2.75) is 19.8 Å². The molecule has 0 aliphatic heterocycles. The van der Waals surface area contributed by atoms with Crippen molar-refractivity contribution in [3.63, 3.8) is 0 Å². The molecular formula is C22H24BrClN4O2. The summed E-state index contributed by atoms with van der Waals surface area (Å²) in [6.45, 7) is 7.56. The number of benzene rings is 1. The van der Waals surface area contributed by atoms with Crippen molar-refractivity contribution in [2.24, 2.45) is 7.05 Å². The molecule has 8 heteroatoms. The summed E-state index contributed by atoms with van der Waals surface area (Å²) in [5, 5.41) is 5.82. The number of halogens is 2. The lowest BCUT2D eigenvalue weighted by atomic mass is 10.1. The van der Waals surface area contributed by atoms with Crippen LogP contribution in [0.1, 0.15) is 35.7 Å². The van der Waals surface area contributed by atoms with E-state index in [9.17, 15) is 4.79 Å². The maximum atomic E-state index is 13.0. The van der Waals surface area contributed by atoms with Crippen LogP contribution in [0.3, 0.4) is 0 Å². The average molecular weight is 492 g/mol. The highest BCUT2D eigenvalue weighted by Gasteiger charge is 2.16. The van der Waals surface area contributed by atoms with Gasteiger partial charge in [-0.15, -0.1) is 0 Å². The van der Waals surface area contributed by atoms with Gasteiger partial charge in [-0.05, 0) is 60.0 Å². The number of unbranched alkanes of at least 4 members (excludes halogenated alkanes) is 1. The Labute approximate surface area is 189 Å². The number of hydrogen-bond donors (Lipinski definition) is 0. The standard InChI is InChI=1S/C22H24BrClN4O2/c1-4-15-12-17(24)14-25-21(15)30-11-7-6-10-28(5-2)22(29)16-8-9-19-18(13-16)20(23)26-27(19)3/h4,8-9,12-14H,1,5-7,10-11H2,2-3H3. The Morgan fingerprint density at radius 3 is 2.90 bits per heavy atom. The molecule has 0 spiro atoms. The van der Waals surface area contributed by atoms with Gasteiger partial charge in [0, 0.05) is 42.8 Å². The fraction of sp³-hybridized carbons (Fsp3) is 0.318. The van der Waals surface area contributed by atoms with E-state index in [4.69, 9.17) is 16.3 Å². The van der Waals surface area contributed by atoms with E-state index in [-0.39, 0.29) is 5.91 Å². The second-order valence-corrected chi connectivity index (χ2v) is 8.03. The van der Waals surface area contributed by atoms with Crippen molar-refractivity contribution in [2.75, 3.05) is 19.7 Å². The molecule has 0 saturated carbocycles. The van der Waals surface area contributed by atoms with E-state index in [1.165, 1.54) is 0 Å². The first-order valence-corrected chi connectivity index (χ1v) is 10.9. The van der Waals surface area contributed by atoms with E-state index in [1.807, 2.05) is 37.1 Å². The molecule has 1 aromatic carbocycles. The number of aryl methyl sites for hydroxylation is 1. The Kier molecular flexibility index (Phi) is 7.50. The summed E-state index contributed by atoms with van der Waals surface area (Å²) < 4.78 is 8.28. The molecule has 0 radical (unpaired) electrons. The Hall–Kier alpha value is -2.38. The van der Waals surface area contributed by atoms with E-state index in [2.05, 4.69) is 32.6 Å². The molecule has 2 aromatic heterocycles. The van der Waals surface area contributed by atoms with Gasteiger partial charge in [0.05, 0.1) is 17.1 Å². The number of amides is 1. The Bertz CT molecular complexity index is 1070. The minimum atomic E-state index is 0.0179. The molecule has 0 aliphatic carbocycles. The molecule has 0 saturated heterocycles. The highest BCUT2D eigenvalue weighted by molar-refractivity contribution is 9.10. The van der Waals surface area contributed by atoms with E-state index < -0.39 is 0 Å². The molecule has 1 amide bonds. The molecule has 3 rings (SSSR count). The molecule has 0 fully saturated rings. The monoisotopic (exact) mass is 490 g/mol. The van der Waals surface area contributed by atoms with Gasteiger partial charge in [-0.3, -0.25) is 9.48 Å². The summed E-state index contributed by atoms with van der Waals surface area (Å²) in [4.78, 5) is 19.0. The number of fused-ring (bicyclic) bond motifs is 1. The molecule has 158 valence electrons. The molecule has 0 unspecified atom stereocenters. The molecule has 0 atom stereocenters. The van der Waals surface area contributed by atoms with Crippen molar-refractivity contribution in [3.05, 3.63) is 57.8 Å². The molecule has 2 heterocycles. The lowest BCUT2D eigenvalue weighted by Crippen LogP contribution is -2.32. The van der Waals surface area contributed by atoms with Crippen LogP contribution in [0.25, 0.3) is 17.0 Å². The van der Waals surface area contributed by atoms with Crippen molar-refractivity contribution in [1.82, 2.24) is 19.7 Å². The summed E-state index contributed by atoms with van der Waals surface area (Å²) in [6, 6.07) is 7.45. The highest BCUT2D eigenvalue weighted by atomic mass is 79.9. The fourth-order valence-corrected chi connectivity index (χ4v) is 3.95. The third-order valence-corrected chi connectivity index (χ3v) is 5.64. The number of carbonyl (C=O) groups excluding carboxylic acids is 1. The zero-order valence-corrected chi connectivity index (χ0v) is 19.4. The van der Waals surface area contributed by atoms with Gasteiger partial charge in [-0.2, -0.15) is 5.10 Å². The SMILES string of the molecule is C=Cc1cc(Cl)cnc1OCCCCN(CC)C(=O)c1ccc2c(c1)c(Br)nn2C. The quantitative estimate of drug-likeness (QED) is 0.379. The Balaban J connectivity index is 1.55. The average Bonchev–Trinajstić information content (AvgIpc) is 3.04. The summed E-state index contributed by atoms with van der Waals surface area (Å²) in [5.41, 5.74) is 2.41. The van der Waals surface area contributed by atoms with Gasteiger partial charge in [0.15, 0.2) is 0 Å². The largest absolute Gasteiger partial charge is 0.477 e. The zero-order valence-electron chi connectivity index (χ0n) is 17.1. The lowest BCUT2D eigenvalue weighted by Gasteiger charge is -2.21.